The molecule has 6 heterocycles. The summed E-state index contributed by atoms with van der Waals surface area (Å²) >= 11 is 6.04. The predicted molar refractivity (Wildman–Crippen MR) is 198 cm³/mol. The van der Waals surface area contributed by atoms with E-state index in [1.807, 2.05) is 24.3 Å². The van der Waals surface area contributed by atoms with Crippen molar-refractivity contribution < 1.29 is 27.9 Å². The molecule has 4 aliphatic rings. The van der Waals surface area contributed by atoms with Crippen molar-refractivity contribution in [2.45, 2.75) is 81.3 Å². The summed E-state index contributed by atoms with van der Waals surface area (Å²) in [6.45, 7) is 2.80. The summed E-state index contributed by atoms with van der Waals surface area (Å²) in [5.41, 5.74) is 0.648. The lowest BCUT2D eigenvalue weighted by atomic mass is 9.95. The number of aromatic hydroxyl groups is 1. The number of aromatic nitrogens is 3. The van der Waals surface area contributed by atoms with Gasteiger partial charge < -0.3 is 30.1 Å². The number of imidazole rings is 1. The summed E-state index contributed by atoms with van der Waals surface area (Å²) in [5.74, 6) is -1.47. The van der Waals surface area contributed by atoms with Crippen molar-refractivity contribution >= 4 is 45.5 Å². The number of carbonyl (C=O) groups excluding carboxylic acids is 2. The molecule has 16 heteroatoms. The van der Waals surface area contributed by atoms with Crippen LogP contribution in [0.2, 0.25) is 5.02 Å². The Morgan fingerprint density at radius 2 is 1.65 bits per heavy atom. The fourth-order valence-electron chi connectivity index (χ4n) is 9.29. The number of hydrogen-bond acceptors (Lipinski definition) is 7. The largest absolute Gasteiger partial charge is 0.506 e. The molecule has 54 heavy (non-hydrogen) atoms. The van der Waals surface area contributed by atoms with Crippen molar-refractivity contribution in [1.29, 1.82) is 0 Å². The number of likely N-dealkylation sites (tertiary alicyclic amines) is 1. The highest BCUT2D eigenvalue weighted by Gasteiger charge is 2.42. The molecule has 4 saturated heterocycles. The molecule has 0 aliphatic carbocycles. The van der Waals surface area contributed by atoms with Crippen molar-refractivity contribution in [3.63, 3.8) is 0 Å². The van der Waals surface area contributed by atoms with Gasteiger partial charge in [-0.05, 0) is 69.3 Å². The molecule has 2 aromatic carbocycles. The number of aromatic amines is 1. The number of para-hydroxylation sites is 1. The van der Waals surface area contributed by atoms with Crippen LogP contribution < -0.4 is 11.0 Å². The van der Waals surface area contributed by atoms with Gasteiger partial charge in [0, 0.05) is 75.2 Å². The first-order valence-electron chi connectivity index (χ1n) is 18.7. The number of carbonyl (C=O) groups is 2. The normalized spacial score (nSPS) is 23.7. The highest BCUT2D eigenvalue weighted by molar-refractivity contribution is 6.32. The van der Waals surface area contributed by atoms with E-state index in [1.54, 1.807) is 20.6 Å². The number of pyridine rings is 1. The Morgan fingerprint density at radius 1 is 0.963 bits per heavy atom. The van der Waals surface area contributed by atoms with E-state index < -0.39 is 34.6 Å². The molecular formula is C38H44ClF3N8O4. The zero-order valence-electron chi connectivity index (χ0n) is 30.0. The number of alkyl halides is 3. The fourth-order valence-corrected chi connectivity index (χ4v) is 9.53. The summed E-state index contributed by atoms with van der Waals surface area (Å²) < 4.78 is 43.2. The zero-order chi connectivity index (χ0) is 37.9. The molecule has 2 unspecified atom stereocenters. The van der Waals surface area contributed by atoms with E-state index in [1.165, 1.54) is 18.9 Å². The Labute approximate surface area is 314 Å². The van der Waals surface area contributed by atoms with Crippen LogP contribution in [0.15, 0.2) is 47.4 Å². The summed E-state index contributed by atoms with van der Waals surface area (Å²) in [4.78, 5) is 56.9. The molecule has 2 bridgehead atoms. The zero-order valence-corrected chi connectivity index (χ0v) is 30.7. The van der Waals surface area contributed by atoms with Crippen LogP contribution in [0, 0.1) is 0 Å². The molecule has 3 amide bonds. The van der Waals surface area contributed by atoms with E-state index in [0.717, 1.165) is 29.8 Å². The number of halogens is 4. The van der Waals surface area contributed by atoms with Crippen molar-refractivity contribution in [2.24, 2.45) is 0 Å². The van der Waals surface area contributed by atoms with E-state index in [4.69, 9.17) is 11.6 Å². The van der Waals surface area contributed by atoms with Gasteiger partial charge in [-0.15, -0.1) is 0 Å². The maximum atomic E-state index is 14.2. The molecule has 0 saturated carbocycles. The highest BCUT2D eigenvalue weighted by atomic mass is 35.5. The van der Waals surface area contributed by atoms with E-state index in [0.29, 0.717) is 68.2 Å². The topological polar surface area (TPSA) is 130 Å². The number of piperidine rings is 2. The number of fused-ring (bicyclic) bond motifs is 5. The quantitative estimate of drug-likeness (QED) is 0.252. The molecule has 12 nitrogen and oxygen atoms in total. The predicted octanol–water partition coefficient (Wildman–Crippen LogP) is 4.98. The maximum Gasteiger partial charge on any atom is 0.420 e. The third-order valence-electron chi connectivity index (χ3n) is 12.3. The number of hydrogen-bond donors (Lipinski definition) is 3. The first-order valence-corrected chi connectivity index (χ1v) is 19.1. The maximum absolute atomic E-state index is 14.2. The Bertz CT molecular complexity index is 2110. The van der Waals surface area contributed by atoms with Gasteiger partial charge in [0.25, 0.3) is 0 Å². The number of phenolic OH excluding ortho intramolecular Hbond substituents is 1. The van der Waals surface area contributed by atoms with E-state index in [9.17, 15) is 32.7 Å². The number of benzene rings is 2. The molecule has 288 valence electrons. The minimum absolute atomic E-state index is 0.0581. The molecular weight excluding hydrogens is 725 g/mol. The van der Waals surface area contributed by atoms with Crippen LogP contribution in [-0.2, 0) is 17.4 Å². The minimum Gasteiger partial charge on any atom is -0.506 e. The lowest BCUT2D eigenvalue weighted by Gasteiger charge is -2.45. The summed E-state index contributed by atoms with van der Waals surface area (Å²) in [5, 5.41) is 13.3. The van der Waals surface area contributed by atoms with Crippen LogP contribution in [0.25, 0.3) is 21.9 Å². The average molecular weight is 769 g/mol. The molecule has 3 N–H and O–H groups in total. The number of nitrogens with zero attached hydrogens (tertiary/aromatic N) is 6. The number of rotatable bonds is 6. The van der Waals surface area contributed by atoms with Gasteiger partial charge in [-0.1, -0.05) is 29.8 Å². The molecule has 3 atom stereocenters. The van der Waals surface area contributed by atoms with Crippen LogP contribution >= 0.6 is 11.6 Å². The molecule has 0 radical (unpaired) electrons. The first kappa shape index (κ1) is 36.6. The van der Waals surface area contributed by atoms with Crippen LogP contribution in [0.1, 0.15) is 55.7 Å². The van der Waals surface area contributed by atoms with Gasteiger partial charge in [0.15, 0.2) is 0 Å². The number of nitrogens with one attached hydrogen (secondary N) is 2. The average Bonchev–Trinajstić information content (AvgIpc) is 3.58. The molecule has 0 spiro atoms. The summed E-state index contributed by atoms with van der Waals surface area (Å²) in [7, 11) is 2.20. The minimum atomic E-state index is -4.88. The van der Waals surface area contributed by atoms with E-state index >= 15 is 0 Å². The van der Waals surface area contributed by atoms with Gasteiger partial charge in [0.2, 0.25) is 5.91 Å². The Kier molecular flexibility index (Phi) is 9.76. The van der Waals surface area contributed by atoms with E-state index in [-0.39, 0.29) is 42.7 Å². The van der Waals surface area contributed by atoms with Crippen LogP contribution in [0.3, 0.4) is 0 Å². The number of phenols is 1. The Hall–Kier alpha value is -4.34. The lowest BCUT2D eigenvalue weighted by molar-refractivity contribution is -0.138. The number of H-pyrrole nitrogens is 1. The lowest BCUT2D eigenvalue weighted by Crippen LogP contribution is -2.59. The molecule has 4 fully saturated rings. The summed E-state index contributed by atoms with van der Waals surface area (Å²) in [6, 6.07) is 9.25. The smallest absolute Gasteiger partial charge is 0.420 e. The SMILES string of the molecule is CN1C2CCC1CC(N1CCN(C(=O)[C@@H](Cc3cc(Cl)c(O)c(C(F)(F)F)c3)NC(=O)N3CCC(n4c(=O)[nH]c5c6ccccc6ncc54)CC3)CC1)C2. The van der Waals surface area contributed by atoms with E-state index in [2.05, 4.69) is 32.1 Å². The van der Waals surface area contributed by atoms with Crippen molar-refractivity contribution in [2.75, 3.05) is 46.3 Å². The molecule has 8 rings (SSSR count). The highest BCUT2D eigenvalue weighted by Crippen LogP contribution is 2.41. The second kappa shape index (κ2) is 14.4. The van der Waals surface area contributed by atoms with Crippen LogP contribution in [0.4, 0.5) is 18.0 Å². The fraction of sp³-hybridized carbons (Fsp3) is 0.526. The Balaban J connectivity index is 0.970. The van der Waals surface area contributed by atoms with Crippen LogP contribution in [-0.4, -0.2) is 122 Å². The van der Waals surface area contributed by atoms with Gasteiger partial charge in [-0.25, -0.2) is 9.59 Å². The van der Waals surface area contributed by atoms with Gasteiger partial charge in [-0.3, -0.25) is 19.2 Å². The first-order chi connectivity index (χ1) is 25.9. The standard InChI is InChI=1S/C38H44ClF3N8O4/c1-46-24-6-7-25(46)20-26(19-24)47-12-14-48(15-13-47)35(52)31(18-22-16-28(38(40,41)42)34(51)29(39)17-22)44-36(53)49-10-8-23(9-11-49)50-32-21-43-30-5-3-2-4-27(30)33(32)45-37(50)54/h2-5,16-17,21,23-26,31,51H,6-15,18-20H2,1H3,(H,44,53)(H,45,54)/t24?,25?,26?,31-/m1/s1. The number of urea groups is 1. The second-order valence-corrected chi connectivity index (χ2v) is 15.7. The summed E-state index contributed by atoms with van der Waals surface area (Å²) in [6.07, 6.45) is 2.10. The monoisotopic (exact) mass is 768 g/mol. The van der Waals surface area contributed by atoms with Gasteiger partial charge >= 0.3 is 17.9 Å². The van der Waals surface area contributed by atoms with Crippen LogP contribution in [0.5, 0.6) is 5.75 Å². The molecule has 4 aliphatic heterocycles. The van der Waals surface area contributed by atoms with Crippen molar-refractivity contribution in [3.8, 4) is 5.75 Å². The third-order valence-corrected chi connectivity index (χ3v) is 12.6. The van der Waals surface area contributed by atoms with Gasteiger partial charge in [-0.2, -0.15) is 13.2 Å². The molecule has 2 aromatic heterocycles. The molecule has 4 aromatic rings. The third kappa shape index (κ3) is 6.90. The Morgan fingerprint density at radius 3 is 2.33 bits per heavy atom. The van der Waals surface area contributed by atoms with Crippen molar-refractivity contribution in [1.82, 2.24) is 39.5 Å². The van der Waals surface area contributed by atoms with Gasteiger partial charge in [0.1, 0.15) is 11.8 Å². The van der Waals surface area contributed by atoms with Gasteiger partial charge in [0.05, 0.1) is 33.3 Å². The van der Waals surface area contributed by atoms with Crippen molar-refractivity contribution in [3.05, 3.63) is 69.2 Å². The second-order valence-electron chi connectivity index (χ2n) is 15.3. The number of amides is 3. The number of piperazine rings is 1.